The molecule has 1 aliphatic carbocycles. The first-order chi connectivity index (χ1) is 18.6. The van der Waals surface area contributed by atoms with E-state index in [-0.39, 0.29) is 24.7 Å². The quantitative estimate of drug-likeness (QED) is 0.572. The molecular weight excluding hydrogens is 520 g/mol. The Morgan fingerprint density at radius 2 is 1.95 bits per heavy atom. The van der Waals surface area contributed by atoms with Crippen molar-refractivity contribution in [1.82, 2.24) is 25.3 Å². The second-order valence-corrected chi connectivity index (χ2v) is 14.1. The molecule has 0 saturated heterocycles. The molecule has 208 valence electrons. The average Bonchev–Trinajstić information content (AvgIpc) is 3.62. The molecular formula is C27H34N6O5S. The van der Waals surface area contributed by atoms with E-state index in [0.29, 0.717) is 75.5 Å². The Labute approximate surface area is 228 Å². The number of sulfone groups is 1. The van der Waals surface area contributed by atoms with E-state index >= 15 is 0 Å². The van der Waals surface area contributed by atoms with Gasteiger partial charge < -0.3 is 20.3 Å². The van der Waals surface area contributed by atoms with Gasteiger partial charge in [-0.25, -0.2) is 8.42 Å². The number of fused-ring (bicyclic) bond motifs is 1. The first-order valence-corrected chi connectivity index (χ1v) is 14.8. The summed E-state index contributed by atoms with van der Waals surface area (Å²) in [5, 5.41) is 19.6. The van der Waals surface area contributed by atoms with Crippen LogP contribution in [0.3, 0.4) is 0 Å². The first-order valence-electron chi connectivity index (χ1n) is 13.3. The molecule has 2 N–H and O–H groups in total. The Morgan fingerprint density at radius 1 is 1.21 bits per heavy atom. The van der Waals surface area contributed by atoms with Gasteiger partial charge in [-0.3, -0.25) is 14.3 Å². The second kappa shape index (κ2) is 10.4. The lowest BCUT2D eigenvalue weighted by Gasteiger charge is -2.35. The number of benzene rings is 1. The Bertz CT molecular complexity index is 1420. The molecule has 1 aromatic heterocycles. The van der Waals surface area contributed by atoms with Crippen molar-refractivity contribution in [3.05, 3.63) is 52.3 Å². The van der Waals surface area contributed by atoms with Crippen molar-refractivity contribution in [2.75, 3.05) is 39.4 Å². The Hall–Kier alpha value is -3.27. The van der Waals surface area contributed by atoms with Gasteiger partial charge in [-0.2, -0.15) is 10.4 Å². The van der Waals surface area contributed by atoms with E-state index in [0.717, 1.165) is 5.56 Å². The molecule has 39 heavy (non-hydrogen) atoms. The molecule has 2 aromatic rings. The summed E-state index contributed by atoms with van der Waals surface area (Å²) >= 11 is 0. The largest absolute Gasteiger partial charge is 0.378 e. The third-order valence-corrected chi connectivity index (χ3v) is 11.2. The molecule has 2 amide bonds. The van der Waals surface area contributed by atoms with Gasteiger partial charge in [0.25, 0.3) is 11.8 Å². The molecule has 12 heteroatoms. The molecule has 0 radical (unpaired) electrons. The number of hydrogen-bond acceptors (Lipinski definition) is 8. The number of amides is 2. The highest BCUT2D eigenvalue weighted by Gasteiger charge is 2.60. The van der Waals surface area contributed by atoms with E-state index in [1.54, 1.807) is 43.0 Å². The minimum Gasteiger partial charge on any atom is -0.378 e. The van der Waals surface area contributed by atoms with Crippen molar-refractivity contribution >= 4 is 21.7 Å². The molecule has 0 atom stereocenters. The molecule has 1 spiro atoms. The lowest BCUT2D eigenvalue weighted by Crippen LogP contribution is -2.53. The summed E-state index contributed by atoms with van der Waals surface area (Å²) in [6.45, 7) is 5.95. The van der Waals surface area contributed by atoms with Crippen LogP contribution in [0.15, 0.2) is 24.3 Å². The molecule has 0 unspecified atom stereocenters. The van der Waals surface area contributed by atoms with E-state index in [9.17, 15) is 18.0 Å². The van der Waals surface area contributed by atoms with Crippen LogP contribution in [-0.2, 0) is 34.1 Å². The number of hydrogen-bond donors (Lipinski definition) is 2. The number of carbonyl (C=O) groups excluding carboxylic acids is 2. The summed E-state index contributed by atoms with van der Waals surface area (Å²) < 4.78 is 32.8. The van der Waals surface area contributed by atoms with Crippen LogP contribution in [0.4, 0.5) is 0 Å². The lowest BCUT2D eigenvalue weighted by atomic mass is 10.0. The molecule has 1 saturated carbocycles. The normalized spacial score (nSPS) is 21.9. The molecule has 2 bridgehead atoms. The number of nitriles is 1. The molecule has 1 fully saturated rings. The number of nitrogens with zero attached hydrogens (tertiary/aromatic N) is 4. The average molecular weight is 555 g/mol. The maximum Gasteiger partial charge on any atom is 0.272 e. The van der Waals surface area contributed by atoms with Crippen LogP contribution in [0.5, 0.6) is 0 Å². The van der Waals surface area contributed by atoms with Crippen molar-refractivity contribution < 1.29 is 22.7 Å². The summed E-state index contributed by atoms with van der Waals surface area (Å²) in [4.78, 5) is 28.6. The number of nitrogens with one attached hydrogen (secondary N) is 2. The predicted molar refractivity (Wildman–Crippen MR) is 143 cm³/mol. The predicted octanol–water partition coefficient (Wildman–Crippen LogP) is 1.03. The number of carbonyl (C=O) groups is 2. The molecule has 1 aromatic carbocycles. The van der Waals surface area contributed by atoms with Crippen LogP contribution >= 0.6 is 0 Å². The summed E-state index contributed by atoms with van der Waals surface area (Å²) in [5.41, 5.74) is 2.47. The zero-order valence-electron chi connectivity index (χ0n) is 22.3. The first kappa shape index (κ1) is 27.3. The van der Waals surface area contributed by atoms with Crippen LogP contribution < -0.4 is 10.6 Å². The number of rotatable bonds is 3. The van der Waals surface area contributed by atoms with Gasteiger partial charge in [-0.15, -0.1) is 0 Å². The van der Waals surface area contributed by atoms with Crippen molar-refractivity contribution in [3.63, 3.8) is 0 Å². The van der Waals surface area contributed by atoms with Crippen molar-refractivity contribution in [2.45, 2.75) is 55.7 Å². The van der Waals surface area contributed by atoms with Gasteiger partial charge in [-0.1, -0.05) is 12.1 Å². The summed E-state index contributed by atoms with van der Waals surface area (Å²) in [6.07, 6.45) is 1.46. The van der Waals surface area contributed by atoms with Crippen molar-refractivity contribution in [3.8, 4) is 6.07 Å². The molecule has 3 heterocycles. The van der Waals surface area contributed by atoms with Crippen LogP contribution in [0, 0.1) is 11.3 Å². The summed E-state index contributed by atoms with van der Waals surface area (Å²) in [5.74, 6) is -0.694. The third kappa shape index (κ3) is 5.06. The van der Waals surface area contributed by atoms with Crippen LogP contribution in [0.1, 0.15) is 64.4 Å². The van der Waals surface area contributed by atoms with Gasteiger partial charge in [0, 0.05) is 38.3 Å². The molecule has 3 aliphatic rings. The van der Waals surface area contributed by atoms with E-state index in [1.165, 1.54) is 4.68 Å². The Balaban J connectivity index is 1.42. The van der Waals surface area contributed by atoms with E-state index < -0.39 is 25.2 Å². The van der Waals surface area contributed by atoms with Gasteiger partial charge in [0.15, 0.2) is 15.5 Å². The molecule has 2 aliphatic heterocycles. The van der Waals surface area contributed by atoms with Gasteiger partial charge in [-0.05, 0) is 50.8 Å². The van der Waals surface area contributed by atoms with E-state index in [4.69, 9.17) is 10.00 Å². The summed E-state index contributed by atoms with van der Waals surface area (Å²) in [7, 11) is -3.56. The standard InChI is InChI=1S/C27H34N6O5S/c1-26(2)17-29-10-13-38-14-12-33-23-21(7-11-32(25(23)35)18-27(8-9-27)39(26,36)37)22(31-33)24(34)30-16-20-5-3-19(15-28)4-6-20/h3-6,29H,7-14,16-18H2,1-2H3,(H,30,34). The SMILES string of the molecule is CC1(C)CNCCOCCn2nc(C(=O)NCc3ccc(C#N)cc3)c3c2C(=O)N(CC3)CC2(CC2)S1(=O)=O. The Morgan fingerprint density at radius 3 is 2.64 bits per heavy atom. The van der Waals surface area contributed by atoms with Crippen LogP contribution in [0.25, 0.3) is 0 Å². The zero-order valence-corrected chi connectivity index (χ0v) is 23.1. The fourth-order valence-corrected chi connectivity index (χ4v) is 7.83. The fraction of sp³-hybridized carbons (Fsp3) is 0.556. The molecule has 11 nitrogen and oxygen atoms in total. The monoisotopic (exact) mass is 554 g/mol. The lowest BCUT2D eigenvalue weighted by molar-refractivity contribution is 0.0716. The van der Waals surface area contributed by atoms with Gasteiger partial charge >= 0.3 is 0 Å². The number of aromatic nitrogens is 2. The highest BCUT2D eigenvalue weighted by Crippen LogP contribution is 2.49. The second-order valence-electron chi connectivity index (χ2n) is 11.1. The highest BCUT2D eigenvalue weighted by atomic mass is 32.2. The van der Waals surface area contributed by atoms with E-state index in [1.807, 2.05) is 0 Å². The van der Waals surface area contributed by atoms with Gasteiger partial charge in [0.2, 0.25) is 0 Å². The topological polar surface area (TPSA) is 146 Å². The fourth-order valence-electron chi connectivity index (χ4n) is 5.40. The molecule has 5 rings (SSSR count). The highest BCUT2D eigenvalue weighted by molar-refractivity contribution is 7.94. The Kier molecular flexibility index (Phi) is 7.26. The minimum atomic E-state index is -3.56. The smallest absolute Gasteiger partial charge is 0.272 e. The van der Waals surface area contributed by atoms with Gasteiger partial charge in [0.1, 0.15) is 5.69 Å². The van der Waals surface area contributed by atoms with Crippen molar-refractivity contribution in [1.29, 1.82) is 5.26 Å². The number of ether oxygens (including phenoxy) is 1. The zero-order chi connectivity index (χ0) is 27.8. The van der Waals surface area contributed by atoms with E-state index in [2.05, 4.69) is 21.8 Å². The van der Waals surface area contributed by atoms with Gasteiger partial charge in [0.05, 0.1) is 40.9 Å². The van der Waals surface area contributed by atoms with Crippen molar-refractivity contribution in [2.24, 2.45) is 0 Å². The third-order valence-electron chi connectivity index (χ3n) is 7.93. The van der Waals surface area contributed by atoms with Crippen LogP contribution in [-0.4, -0.2) is 83.8 Å². The summed E-state index contributed by atoms with van der Waals surface area (Å²) in [6, 6.07) is 9.00. The maximum atomic E-state index is 13.8. The van der Waals surface area contributed by atoms with Crippen LogP contribution in [0.2, 0.25) is 0 Å². The minimum absolute atomic E-state index is 0.138. The maximum absolute atomic E-state index is 13.8.